The first-order chi connectivity index (χ1) is 13.8. The molecule has 1 aliphatic rings. The second kappa shape index (κ2) is 8.87. The van der Waals surface area contributed by atoms with Crippen molar-refractivity contribution in [3.05, 3.63) is 62.1 Å². The maximum absolute atomic E-state index is 13.9. The lowest BCUT2D eigenvalue weighted by atomic mass is 9.75. The Bertz CT molecular complexity index is 952. The van der Waals surface area contributed by atoms with Crippen LogP contribution in [-0.2, 0) is 19.4 Å². The van der Waals surface area contributed by atoms with E-state index >= 15 is 0 Å². The minimum atomic E-state index is 0.182. The van der Waals surface area contributed by atoms with Crippen LogP contribution in [0.15, 0.2) is 29.2 Å². The largest absolute Gasteiger partial charge is 0.348 e. The fourth-order valence-corrected chi connectivity index (χ4v) is 5.16. The molecule has 0 bridgehead atoms. The van der Waals surface area contributed by atoms with Crippen LogP contribution in [0, 0.1) is 19.3 Å². The van der Waals surface area contributed by atoms with Crippen molar-refractivity contribution in [3.63, 3.8) is 0 Å². The zero-order chi connectivity index (χ0) is 21.2. The summed E-state index contributed by atoms with van der Waals surface area (Å²) in [6.45, 7) is 14.3. The Kier molecular flexibility index (Phi) is 6.68. The number of fused-ring (bicyclic) bond motifs is 1. The molecule has 0 saturated heterocycles. The molecule has 2 aromatic rings. The van der Waals surface area contributed by atoms with Crippen LogP contribution in [0.3, 0.4) is 0 Å². The Morgan fingerprint density at radius 1 is 1.28 bits per heavy atom. The highest BCUT2D eigenvalue weighted by Crippen LogP contribution is 2.40. The molecule has 0 radical (unpaired) electrons. The first kappa shape index (κ1) is 21.8. The summed E-state index contributed by atoms with van der Waals surface area (Å²) in [5, 5.41) is 2.10. The first-order valence-corrected chi connectivity index (χ1v) is 11.8. The van der Waals surface area contributed by atoms with Crippen molar-refractivity contribution in [2.45, 2.75) is 80.2 Å². The number of ketones is 1. The van der Waals surface area contributed by atoms with E-state index < -0.39 is 0 Å². The number of allylic oxidation sites excluding steroid dienone is 3. The molecule has 0 aromatic carbocycles. The van der Waals surface area contributed by atoms with E-state index in [9.17, 15) is 4.79 Å². The maximum atomic E-state index is 13.9. The van der Waals surface area contributed by atoms with Crippen LogP contribution in [0.1, 0.15) is 84.7 Å². The second-order valence-electron chi connectivity index (χ2n) is 9.05. The predicted molar refractivity (Wildman–Crippen MR) is 126 cm³/mol. The Balaban J connectivity index is 2.14. The summed E-state index contributed by atoms with van der Waals surface area (Å²) in [5.41, 5.74) is 7.02. The van der Waals surface area contributed by atoms with E-state index in [0.717, 1.165) is 54.6 Å². The molecule has 0 N–H and O–H groups in total. The van der Waals surface area contributed by atoms with Crippen molar-refractivity contribution in [1.29, 1.82) is 0 Å². The van der Waals surface area contributed by atoms with Gasteiger partial charge in [0.05, 0.1) is 0 Å². The van der Waals surface area contributed by atoms with Crippen LogP contribution < -0.4 is 0 Å². The highest BCUT2D eigenvalue weighted by Gasteiger charge is 2.33. The Morgan fingerprint density at radius 3 is 2.66 bits per heavy atom. The van der Waals surface area contributed by atoms with Gasteiger partial charge in [-0.25, -0.2) is 0 Å². The van der Waals surface area contributed by atoms with Crippen molar-refractivity contribution in [1.82, 2.24) is 4.57 Å². The van der Waals surface area contributed by atoms with E-state index in [1.807, 2.05) is 6.08 Å². The summed E-state index contributed by atoms with van der Waals surface area (Å²) in [6, 6.07) is 2.11. The van der Waals surface area contributed by atoms with Crippen LogP contribution in [0.25, 0.3) is 6.08 Å². The quantitative estimate of drug-likeness (QED) is 0.267. The number of carbonyl (C=O) groups excluding carboxylic acids is 1. The number of hydrogen-bond acceptors (Lipinski definition) is 2. The average molecular weight is 410 g/mol. The molecule has 2 heterocycles. The number of hydrogen-bond donors (Lipinski definition) is 0. The lowest BCUT2D eigenvalue weighted by molar-refractivity contribution is 0.103. The van der Waals surface area contributed by atoms with E-state index in [2.05, 4.69) is 69.7 Å². The summed E-state index contributed by atoms with van der Waals surface area (Å²) >= 11 is 1.73. The monoisotopic (exact) mass is 409 g/mol. The molecular formula is C26H35NOS. The van der Waals surface area contributed by atoms with Gasteiger partial charge in [0.2, 0.25) is 0 Å². The molecule has 0 unspecified atom stereocenters. The summed E-state index contributed by atoms with van der Waals surface area (Å²) in [5.74, 6) is 0.182. The standard InChI is InChI=1S/C26H35NOS/c1-7-9-10-21(16-20-12-15-29-19(20)4)25(28)24-18(3)27(14-8-2)23-11-13-26(5,6)17-22(23)24/h9-10,12,15-16H,7-8,11,13-14,17H2,1-6H3/b10-9-,21-16+. The molecule has 1 aliphatic carbocycles. The molecule has 0 saturated carbocycles. The Hall–Kier alpha value is -1.87. The van der Waals surface area contributed by atoms with Crippen LogP contribution in [0.4, 0.5) is 0 Å². The Labute approximate surface area is 180 Å². The van der Waals surface area contributed by atoms with Gasteiger partial charge in [-0.2, -0.15) is 0 Å². The maximum Gasteiger partial charge on any atom is 0.195 e. The molecule has 3 rings (SSSR count). The number of aromatic nitrogens is 1. The Morgan fingerprint density at radius 2 is 2.03 bits per heavy atom. The normalized spacial score (nSPS) is 16.4. The van der Waals surface area contributed by atoms with Gasteiger partial charge in [0.1, 0.15) is 0 Å². The highest BCUT2D eigenvalue weighted by atomic mass is 32.1. The van der Waals surface area contributed by atoms with Gasteiger partial charge < -0.3 is 4.57 Å². The smallest absolute Gasteiger partial charge is 0.195 e. The molecule has 156 valence electrons. The van der Waals surface area contributed by atoms with Gasteiger partial charge >= 0.3 is 0 Å². The van der Waals surface area contributed by atoms with Gasteiger partial charge in [-0.15, -0.1) is 11.3 Å². The fourth-order valence-electron chi connectivity index (χ4n) is 4.48. The molecule has 2 aromatic heterocycles. The number of nitrogens with zero attached hydrogens (tertiary/aromatic N) is 1. The zero-order valence-electron chi connectivity index (χ0n) is 18.9. The molecule has 0 spiro atoms. The number of thiophene rings is 1. The van der Waals surface area contributed by atoms with Crippen molar-refractivity contribution >= 4 is 23.2 Å². The molecule has 0 fully saturated rings. The third kappa shape index (κ3) is 4.50. The van der Waals surface area contributed by atoms with Crippen LogP contribution in [0.2, 0.25) is 0 Å². The second-order valence-corrected chi connectivity index (χ2v) is 10.2. The number of rotatable bonds is 7. The number of carbonyl (C=O) groups is 1. The number of Topliss-reactive ketones (excluding diaryl/α,β-unsaturated/α-hetero) is 1. The van der Waals surface area contributed by atoms with Crippen molar-refractivity contribution in [2.75, 3.05) is 0 Å². The van der Waals surface area contributed by atoms with E-state index in [1.165, 1.54) is 22.6 Å². The van der Waals surface area contributed by atoms with Crippen molar-refractivity contribution < 1.29 is 4.79 Å². The van der Waals surface area contributed by atoms with Crippen LogP contribution in [-0.4, -0.2) is 10.4 Å². The average Bonchev–Trinajstić information content (AvgIpc) is 3.18. The molecule has 3 heteroatoms. The number of aryl methyl sites for hydroxylation is 1. The molecule has 2 nitrogen and oxygen atoms in total. The van der Waals surface area contributed by atoms with Gasteiger partial charge in [0.25, 0.3) is 0 Å². The zero-order valence-corrected chi connectivity index (χ0v) is 19.7. The molecule has 29 heavy (non-hydrogen) atoms. The topological polar surface area (TPSA) is 22.0 Å². The van der Waals surface area contributed by atoms with Crippen molar-refractivity contribution in [3.8, 4) is 0 Å². The molecule has 0 aliphatic heterocycles. The summed E-state index contributed by atoms with van der Waals surface area (Å²) in [7, 11) is 0. The van der Waals surface area contributed by atoms with Crippen molar-refractivity contribution in [2.24, 2.45) is 5.41 Å². The minimum Gasteiger partial charge on any atom is -0.348 e. The van der Waals surface area contributed by atoms with Gasteiger partial charge in [-0.1, -0.05) is 39.8 Å². The molecular weight excluding hydrogens is 374 g/mol. The lowest BCUT2D eigenvalue weighted by Crippen LogP contribution is -2.24. The summed E-state index contributed by atoms with van der Waals surface area (Å²) < 4.78 is 2.43. The first-order valence-electron chi connectivity index (χ1n) is 11.0. The van der Waals surface area contributed by atoms with Gasteiger partial charge in [0.15, 0.2) is 5.78 Å². The highest BCUT2D eigenvalue weighted by molar-refractivity contribution is 7.10. The van der Waals surface area contributed by atoms with Crippen LogP contribution >= 0.6 is 11.3 Å². The third-order valence-electron chi connectivity index (χ3n) is 6.12. The summed E-state index contributed by atoms with van der Waals surface area (Å²) in [6.07, 6.45) is 11.5. The third-order valence-corrected chi connectivity index (χ3v) is 6.98. The molecule has 0 amide bonds. The predicted octanol–water partition coefficient (Wildman–Crippen LogP) is 7.32. The van der Waals surface area contributed by atoms with Gasteiger partial charge in [-0.3, -0.25) is 4.79 Å². The van der Waals surface area contributed by atoms with Gasteiger partial charge in [-0.05, 0) is 80.0 Å². The van der Waals surface area contributed by atoms with E-state index in [-0.39, 0.29) is 11.2 Å². The lowest BCUT2D eigenvalue weighted by Gasteiger charge is -2.31. The van der Waals surface area contributed by atoms with E-state index in [1.54, 1.807) is 11.3 Å². The van der Waals surface area contributed by atoms with E-state index in [0.29, 0.717) is 0 Å². The SMILES string of the molecule is CC/C=C\C(=C/c1ccsc1C)C(=O)c1c2c(n(CCC)c1C)CCC(C)(C)C2. The van der Waals surface area contributed by atoms with Gasteiger partial charge in [0, 0.05) is 33.9 Å². The fraction of sp³-hybridized carbons (Fsp3) is 0.500. The molecule has 0 atom stereocenters. The van der Waals surface area contributed by atoms with E-state index in [4.69, 9.17) is 0 Å². The summed E-state index contributed by atoms with van der Waals surface area (Å²) in [4.78, 5) is 15.1. The minimum absolute atomic E-state index is 0.182. The van der Waals surface area contributed by atoms with Crippen LogP contribution in [0.5, 0.6) is 0 Å².